The quantitative estimate of drug-likeness (QED) is 0.152. The van der Waals surface area contributed by atoms with Gasteiger partial charge in [-0.25, -0.2) is 0 Å². The van der Waals surface area contributed by atoms with Crippen molar-refractivity contribution in [2.24, 2.45) is 11.8 Å². The number of unbranched alkanes of at least 4 members (excludes halogenated alkanes) is 12. The largest absolute Gasteiger partial charge is 0.485 e. The van der Waals surface area contributed by atoms with E-state index in [0.717, 1.165) is 32.8 Å². The van der Waals surface area contributed by atoms with E-state index in [1.165, 1.54) is 103 Å². The second-order valence-corrected chi connectivity index (χ2v) is 14.0. The highest BCUT2D eigenvalue weighted by molar-refractivity contribution is 7.21. The van der Waals surface area contributed by atoms with E-state index in [4.69, 9.17) is 18.9 Å². The maximum Gasteiger partial charge on any atom is 0.181 e. The first-order valence-electron chi connectivity index (χ1n) is 16.4. The maximum atomic E-state index is 6.63. The Bertz CT molecular complexity index is 983. The zero-order valence-electron chi connectivity index (χ0n) is 25.6. The van der Waals surface area contributed by atoms with E-state index in [2.05, 4.69) is 38.5 Å². The standard InChI is InChI=1S/C34H54O4S2/c1-5-7-9-11-13-15-17-19-25(3)27-22-36-31-30(37-27)24-40-33(31)34-32-29(23-39-34)35-21-28(38-32)26(4)20-18-16-14-12-10-8-6-2/h23-28H,5-22H2,1-4H3. The molecule has 226 valence electrons. The fourth-order valence-corrected chi connectivity index (χ4v) is 7.90. The van der Waals surface area contributed by atoms with Gasteiger partial charge >= 0.3 is 0 Å². The van der Waals surface area contributed by atoms with Crippen LogP contribution in [0.15, 0.2) is 10.8 Å². The summed E-state index contributed by atoms with van der Waals surface area (Å²) in [5.41, 5.74) is 0. The van der Waals surface area contributed by atoms with Gasteiger partial charge in [0.1, 0.15) is 25.4 Å². The van der Waals surface area contributed by atoms with Crippen LogP contribution in [0, 0.1) is 11.8 Å². The highest BCUT2D eigenvalue weighted by Crippen LogP contribution is 2.55. The average molecular weight is 591 g/mol. The molecule has 4 heterocycles. The summed E-state index contributed by atoms with van der Waals surface area (Å²) in [4.78, 5) is 2.23. The number of hydrogen-bond acceptors (Lipinski definition) is 6. The molecule has 0 bridgehead atoms. The molecule has 0 amide bonds. The molecule has 4 atom stereocenters. The van der Waals surface area contributed by atoms with Crippen LogP contribution in [0.4, 0.5) is 0 Å². The van der Waals surface area contributed by atoms with Crippen molar-refractivity contribution in [1.29, 1.82) is 0 Å². The van der Waals surface area contributed by atoms with Crippen molar-refractivity contribution >= 4 is 22.7 Å². The van der Waals surface area contributed by atoms with Gasteiger partial charge in [0.2, 0.25) is 0 Å². The van der Waals surface area contributed by atoms with Crippen LogP contribution in [-0.4, -0.2) is 25.4 Å². The molecule has 2 aliphatic rings. The Hall–Kier alpha value is -1.40. The van der Waals surface area contributed by atoms with Crippen molar-refractivity contribution in [2.75, 3.05) is 13.2 Å². The zero-order chi connectivity index (χ0) is 28.2. The predicted molar refractivity (Wildman–Crippen MR) is 171 cm³/mol. The zero-order valence-corrected chi connectivity index (χ0v) is 27.3. The van der Waals surface area contributed by atoms with E-state index in [9.17, 15) is 0 Å². The molecule has 2 aromatic rings. The van der Waals surface area contributed by atoms with E-state index in [1.54, 1.807) is 22.7 Å². The van der Waals surface area contributed by atoms with E-state index < -0.39 is 0 Å². The molecule has 2 aromatic heterocycles. The summed E-state index contributed by atoms with van der Waals surface area (Å²) >= 11 is 3.39. The third-order valence-corrected chi connectivity index (χ3v) is 10.8. The molecule has 0 spiro atoms. The number of rotatable bonds is 19. The lowest BCUT2D eigenvalue weighted by Crippen LogP contribution is -2.35. The monoisotopic (exact) mass is 590 g/mol. The minimum Gasteiger partial charge on any atom is -0.485 e. The number of thiophene rings is 2. The fraction of sp³-hybridized carbons (Fsp3) is 0.765. The summed E-state index contributed by atoms with van der Waals surface area (Å²) in [5.74, 6) is 4.53. The van der Waals surface area contributed by atoms with Gasteiger partial charge in [-0.3, -0.25) is 0 Å². The first-order valence-corrected chi connectivity index (χ1v) is 18.2. The van der Waals surface area contributed by atoms with E-state index in [-0.39, 0.29) is 12.2 Å². The summed E-state index contributed by atoms with van der Waals surface area (Å²) in [6.45, 7) is 10.5. The summed E-state index contributed by atoms with van der Waals surface area (Å²) < 4.78 is 25.7. The van der Waals surface area contributed by atoms with Crippen molar-refractivity contribution in [3.63, 3.8) is 0 Å². The molecule has 0 radical (unpaired) electrons. The van der Waals surface area contributed by atoms with Crippen LogP contribution < -0.4 is 18.9 Å². The smallest absolute Gasteiger partial charge is 0.181 e. The summed E-state index contributed by atoms with van der Waals surface area (Å²) in [6.07, 6.45) is 21.5. The Morgan fingerprint density at radius 2 is 1.07 bits per heavy atom. The summed E-state index contributed by atoms with van der Waals surface area (Å²) in [6, 6.07) is 0. The molecule has 4 unspecified atom stereocenters. The van der Waals surface area contributed by atoms with Crippen LogP contribution in [0.3, 0.4) is 0 Å². The topological polar surface area (TPSA) is 36.9 Å². The Morgan fingerprint density at radius 3 is 1.68 bits per heavy atom. The molecule has 4 nitrogen and oxygen atoms in total. The van der Waals surface area contributed by atoms with Crippen LogP contribution >= 0.6 is 22.7 Å². The Balaban J connectivity index is 1.26. The SMILES string of the molecule is CCCCCCCCCC(C)C1COc2c(csc2-c2scc3c2OC(C(C)CCCCCCCCC)CO3)O1. The van der Waals surface area contributed by atoms with Gasteiger partial charge in [-0.1, -0.05) is 118 Å². The molecule has 6 heteroatoms. The molecule has 2 aliphatic heterocycles. The van der Waals surface area contributed by atoms with Gasteiger partial charge in [-0.15, -0.1) is 22.7 Å². The molecule has 0 saturated heterocycles. The van der Waals surface area contributed by atoms with Gasteiger partial charge in [0.05, 0.1) is 9.75 Å². The van der Waals surface area contributed by atoms with Gasteiger partial charge in [0.25, 0.3) is 0 Å². The molecule has 40 heavy (non-hydrogen) atoms. The normalized spacial score (nSPS) is 19.5. The first kappa shape index (κ1) is 31.5. The van der Waals surface area contributed by atoms with Crippen molar-refractivity contribution in [3.05, 3.63) is 10.8 Å². The molecule has 0 aliphatic carbocycles. The molecule has 0 fully saturated rings. The van der Waals surface area contributed by atoms with Crippen molar-refractivity contribution in [1.82, 2.24) is 0 Å². The lowest BCUT2D eigenvalue weighted by Gasteiger charge is -2.30. The van der Waals surface area contributed by atoms with Gasteiger partial charge in [0.15, 0.2) is 23.0 Å². The van der Waals surface area contributed by atoms with Crippen LogP contribution in [0.5, 0.6) is 23.0 Å². The van der Waals surface area contributed by atoms with Crippen molar-refractivity contribution in [3.8, 4) is 32.8 Å². The Morgan fingerprint density at radius 1 is 0.600 bits per heavy atom. The van der Waals surface area contributed by atoms with Gasteiger partial charge in [0, 0.05) is 10.8 Å². The number of fused-ring (bicyclic) bond motifs is 2. The Labute approximate surface area is 252 Å². The molecule has 0 aromatic carbocycles. The van der Waals surface area contributed by atoms with E-state index in [1.807, 2.05) is 0 Å². The molecule has 0 saturated carbocycles. The van der Waals surface area contributed by atoms with Crippen molar-refractivity contribution in [2.45, 2.75) is 143 Å². The van der Waals surface area contributed by atoms with Crippen LogP contribution in [0.2, 0.25) is 0 Å². The number of ether oxygens (including phenoxy) is 4. The number of hydrogen-bond donors (Lipinski definition) is 0. The minimum absolute atomic E-state index is 0.103. The van der Waals surface area contributed by atoms with E-state index in [0.29, 0.717) is 25.0 Å². The van der Waals surface area contributed by atoms with Crippen LogP contribution in [0.25, 0.3) is 9.75 Å². The minimum atomic E-state index is 0.103. The summed E-state index contributed by atoms with van der Waals surface area (Å²) in [7, 11) is 0. The fourth-order valence-electron chi connectivity index (χ4n) is 5.90. The molecular formula is C34H54O4S2. The lowest BCUT2D eigenvalue weighted by molar-refractivity contribution is 0.0499. The second-order valence-electron chi connectivity index (χ2n) is 12.2. The average Bonchev–Trinajstić information content (AvgIpc) is 3.59. The van der Waals surface area contributed by atoms with E-state index >= 15 is 0 Å². The van der Waals surface area contributed by atoms with Crippen LogP contribution in [-0.2, 0) is 0 Å². The van der Waals surface area contributed by atoms with Gasteiger partial charge < -0.3 is 18.9 Å². The van der Waals surface area contributed by atoms with Crippen LogP contribution in [0.1, 0.15) is 130 Å². The van der Waals surface area contributed by atoms with Gasteiger partial charge in [-0.05, 0) is 24.7 Å². The van der Waals surface area contributed by atoms with Crippen molar-refractivity contribution < 1.29 is 18.9 Å². The molecular weight excluding hydrogens is 537 g/mol. The third-order valence-electron chi connectivity index (χ3n) is 8.77. The molecule has 0 N–H and O–H groups in total. The second kappa shape index (κ2) is 16.9. The first-order chi connectivity index (χ1) is 19.6. The predicted octanol–water partition coefficient (Wildman–Crippen LogP) is 11.3. The highest BCUT2D eigenvalue weighted by Gasteiger charge is 2.34. The maximum absolute atomic E-state index is 6.63. The lowest BCUT2D eigenvalue weighted by atomic mass is 9.96. The highest BCUT2D eigenvalue weighted by atomic mass is 32.1. The summed E-state index contributed by atoms with van der Waals surface area (Å²) in [5, 5.41) is 4.21. The third kappa shape index (κ3) is 8.80. The molecule has 4 rings (SSSR count). The Kier molecular flexibility index (Phi) is 13.3. The van der Waals surface area contributed by atoms with Gasteiger partial charge in [-0.2, -0.15) is 0 Å².